The largest absolute Gasteiger partial charge is 0.508 e. The lowest BCUT2D eigenvalue weighted by Gasteiger charge is -1.97. The van der Waals surface area contributed by atoms with Gasteiger partial charge in [-0.1, -0.05) is 5.16 Å². The van der Waals surface area contributed by atoms with Crippen molar-refractivity contribution in [2.75, 3.05) is 7.11 Å². The third kappa shape index (κ3) is 2.50. The fourth-order valence-corrected chi connectivity index (χ4v) is 1.66. The van der Waals surface area contributed by atoms with E-state index in [-0.39, 0.29) is 23.0 Å². The van der Waals surface area contributed by atoms with Gasteiger partial charge in [-0.05, 0) is 18.2 Å². The van der Waals surface area contributed by atoms with Crippen LogP contribution in [0.5, 0.6) is 11.6 Å². The Morgan fingerprint density at radius 2 is 2.05 bits per heavy atom. The molecule has 0 fully saturated rings. The molecule has 0 bridgehead atoms. The second-order valence-electron chi connectivity index (χ2n) is 4.05. The van der Waals surface area contributed by atoms with Crippen LogP contribution in [0.4, 0.5) is 4.39 Å². The van der Waals surface area contributed by atoms with Crippen molar-refractivity contribution in [3.05, 3.63) is 36.1 Å². The Balaban J connectivity index is 1.95. The van der Waals surface area contributed by atoms with Gasteiger partial charge in [0, 0.05) is 12.1 Å². The van der Waals surface area contributed by atoms with Gasteiger partial charge in [0.1, 0.15) is 17.3 Å². The Morgan fingerprint density at radius 3 is 2.71 bits per heavy atom. The fraction of sp³-hybridized carbons (Fsp3) is 0.0769. The SMILES string of the molecule is COc1ccc(-c2noc(-c3ccc(O)cc3F)n2)nn1. The predicted octanol–water partition coefficient (Wildman–Crippen LogP) is 2.05. The summed E-state index contributed by atoms with van der Waals surface area (Å²) in [4.78, 5) is 4.05. The fourth-order valence-electron chi connectivity index (χ4n) is 1.66. The topological polar surface area (TPSA) is 94.2 Å². The quantitative estimate of drug-likeness (QED) is 0.788. The lowest BCUT2D eigenvalue weighted by atomic mass is 10.2. The van der Waals surface area contributed by atoms with E-state index in [4.69, 9.17) is 9.26 Å². The number of ether oxygens (including phenoxy) is 1. The number of aromatic nitrogens is 4. The van der Waals surface area contributed by atoms with Crippen molar-refractivity contribution >= 4 is 0 Å². The van der Waals surface area contributed by atoms with Crippen LogP contribution in [0.15, 0.2) is 34.9 Å². The van der Waals surface area contributed by atoms with Gasteiger partial charge in [-0.3, -0.25) is 0 Å². The molecule has 0 unspecified atom stereocenters. The van der Waals surface area contributed by atoms with E-state index >= 15 is 0 Å². The minimum atomic E-state index is -0.661. The van der Waals surface area contributed by atoms with Gasteiger partial charge in [0.25, 0.3) is 5.89 Å². The molecule has 0 amide bonds. The first-order valence-electron chi connectivity index (χ1n) is 5.88. The molecule has 1 N–H and O–H groups in total. The second-order valence-corrected chi connectivity index (χ2v) is 4.05. The molecule has 0 aliphatic rings. The summed E-state index contributed by atoms with van der Waals surface area (Å²) in [6.45, 7) is 0. The van der Waals surface area contributed by atoms with E-state index in [0.29, 0.717) is 11.6 Å². The van der Waals surface area contributed by atoms with Crippen molar-refractivity contribution in [2.45, 2.75) is 0 Å². The number of nitrogens with zero attached hydrogens (tertiary/aromatic N) is 4. The maximum Gasteiger partial charge on any atom is 0.261 e. The Kier molecular flexibility index (Phi) is 3.19. The first-order chi connectivity index (χ1) is 10.2. The standard InChI is InChI=1S/C13H9FN4O3/c1-20-11-5-4-10(16-17-11)12-15-13(21-18-12)8-3-2-7(19)6-9(8)14/h2-6,19H,1H3. The highest BCUT2D eigenvalue weighted by Crippen LogP contribution is 2.26. The smallest absolute Gasteiger partial charge is 0.261 e. The van der Waals surface area contributed by atoms with Crippen LogP contribution in [0.3, 0.4) is 0 Å². The molecule has 0 aliphatic carbocycles. The summed E-state index contributed by atoms with van der Waals surface area (Å²) in [5.41, 5.74) is 0.456. The number of methoxy groups -OCH3 is 1. The van der Waals surface area contributed by atoms with E-state index in [1.54, 1.807) is 12.1 Å². The van der Waals surface area contributed by atoms with E-state index in [9.17, 15) is 9.50 Å². The van der Waals surface area contributed by atoms with Gasteiger partial charge >= 0.3 is 0 Å². The number of phenolic OH excluding ortho intramolecular Hbond substituents is 1. The van der Waals surface area contributed by atoms with E-state index in [1.165, 1.54) is 19.2 Å². The highest BCUT2D eigenvalue weighted by Gasteiger charge is 2.15. The summed E-state index contributed by atoms with van der Waals surface area (Å²) >= 11 is 0. The molecule has 3 rings (SSSR count). The second kappa shape index (κ2) is 5.16. The molecule has 0 spiro atoms. The number of aromatic hydroxyl groups is 1. The van der Waals surface area contributed by atoms with E-state index in [2.05, 4.69) is 20.3 Å². The zero-order valence-corrected chi connectivity index (χ0v) is 10.8. The van der Waals surface area contributed by atoms with Crippen molar-refractivity contribution < 1.29 is 18.8 Å². The molecule has 0 aliphatic heterocycles. The number of phenols is 1. The van der Waals surface area contributed by atoms with Crippen LogP contribution in [0.25, 0.3) is 23.0 Å². The summed E-state index contributed by atoms with van der Waals surface area (Å²) in [5, 5.41) is 20.6. The molecule has 0 saturated heterocycles. The molecule has 0 radical (unpaired) electrons. The number of hydrogen-bond donors (Lipinski definition) is 1. The summed E-state index contributed by atoms with van der Waals surface area (Å²) in [7, 11) is 1.48. The molecule has 21 heavy (non-hydrogen) atoms. The summed E-state index contributed by atoms with van der Waals surface area (Å²) in [6.07, 6.45) is 0. The average Bonchev–Trinajstić information content (AvgIpc) is 2.97. The molecule has 2 heterocycles. The Morgan fingerprint density at radius 1 is 1.19 bits per heavy atom. The monoisotopic (exact) mass is 288 g/mol. The zero-order valence-electron chi connectivity index (χ0n) is 10.8. The van der Waals surface area contributed by atoms with Crippen LogP contribution < -0.4 is 4.74 Å². The number of rotatable bonds is 3. The van der Waals surface area contributed by atoms with E-state index in [0.717, 1.165) is 6.07 Å². The summed E-state index contributed by atoms with van der Waals surface area (Å²) in [6, 6.07) is 6.84. The number of benzene rings is 1. The summed E-state index contributed by atoms with van der Waals surface area (Å²) < 4.78 is 23.6. The third-order valence-corrected chi connectivity index (χ3v) is 2.69. The first-order valence-corrected chi connectivity index (χ1v) is 5.88. The molecular weight excluding hydrogens is 279 g/mol. The highest BCUT2D eigenvalue weighted by molar-refractivity contribution is 5.58. The lowest BCUT2D eigenvalue weighted by molar-refractivity contribution is 0.392. The van der Waals surface area contributed by atoms with Gasteiger partial charge in [0.15, 0.2) is 0 Å². The molecule has 0 atom stereocenters. The van der Waals surface area contributed by atoms with Gasteiger partial charge in [0.2, 0.25) is 11.7 Å². The van der Waals surface area contributed by atoms with Crippen LogP contribution in [-0.4, -0.2) is 32.6 Å². The molecule has 1 aromatic carbocycles. The van der Waals surface area contributed by atoms with Crippen molar-refractivity contribution in [1.82, 2.24) is 20.3 Å². The Hall–Kier alpha value is -3.03. The molecule has 106 valence electrons. The van der Waals surface area contributed by atoms with Crippen LogP contribution in [0, 0.1) is 5.82 Å². The minimum Gasteiger partial charge on any atom is -0.508 e. The zero-order chi connectivity index (χ0) is 14.8. The Labute approximate surface area is 118 Å². The average molecular weight is 288 g/mol. The molecule has 3 aromatic rings. The van der Waals surface area contributed by atoms with Crippen LogP contribution in [-0.2, 0) is 0 Å². The van der Waals surface area contributed by atoms with Gasteiger partial charge < -0.3 is 14.4 Å². The van der Waals surface area contributed by atoms with Crippen molar-refractivity contribution in [3.8, 4) is 34.6 Å². The van der Waals surface area contributed by atoms with Crippen LogP contribution in [0.1, 0.15) is 0 Å². The molecule has 2 aromatic heterocycles. The third-order valence-electron chi connectivity index (χ3n) is 2.69. The normalized spacial score (nSPS) is 10.6. The first kappa shape index (κ1) is 13.0. The minimum absolute atomic E-state index is 0.0138. The van der Waals surface area contributed by atoms with E-state index in [1.807, 2.05) is 0 Å². The lowest BCUT2D eigenvalue weighted by Crippen LogP contribution is -1.93. The summed E-state index contributed by atoms with van der Waals surface area (Å²) in [5.74, 6) is -0.331. The van der Waals surface area contributed by atoms with Gasteiger partial charge in [-0.2, -0.15) is 4.98 Å². The molecule has 8 heteroatoms. The van der Waals surface area contributed by atoms with Crippen LogP contribution >= 0.6 is 0 Å². The van der Waals surface area contributed by atoms with Gasteiger partial charge in [-0.15, -0.1) is 10.2 Å². The van der Waals surface area contributed by atoms with Crippen molar-refractivity contribution in [1.29, 1.82) is 0 Å². The molecule has 0 saturated carbocycles. The van der Waals surface area contributed by atoms with Crippen molar-refractivity contribution in [2.24, 2.45) is 0 Å². The Bertz CT molecular complexity index is 773. The van der Waals surface area contributed by atoms with Gasteiger partial charge in [-0.25, -0.2) is 4.39 Å². The van der Waals surface area contributed by atoms with Crippen molar-refractivity contribution in [3.63, 3.8) is 0 Å². The van der Waals surface area contributed by atoms with E-state index < -0.39 is 5.82 Å². The number of halogens is 1. The molecule has 7 nitrogen and oxygen atoms in total. The molecular formula is C13H9FN4O3. The maximum atomic E-state index is 13.7. The van der Waals surface area contributed by atoms with Crippen LogP contribution in [0.2, 0.25) is 0 Å². The van der Waals surface area contributed by atoms with Gasteiger partial charge in [0.05, 0.1) is 12.7 Å². The predicted molar refractivity (Wildman–Crippen MR) is 68.9 cm³/mol. The number of hydrogen-bond acceptors (Lipinski definition) is 7. The highest BCUT2D eigenvalue weighted by atomic mass is 19.1. The maximum absolute atomic E-state index is 13.7.